The number of nitrogens with one attached hydrogen (secondary N) is 2. The van der Waals surface area contributed by atoms with Crippen molar-refractivity contribution in [3.8, 4) is 12.3 Å². The molecule has 1 unspecified atom stereocenters. The summed E-state index contributed by atoms with van der Waals surface area (Å²) in [5.74, 6) is 2.40. The Balaban J connectivity index is 2.16. The summed E-state index contributed by atoms with van der Waals surface area (Å²) < 4.78 is 5.48. The van der Waals surface area contributed by atoms with Crippen LogP contribution >= 0.6 is 0 Å². The van der Waals surface area contributed by atoms with Crippen LogP contribution < -0.4 is 10.6 Å². The van der Waals surface area contributed by atoms with E-state index in [9.17, 15) is 4.79 Å². The van der Waals surface area contributed by atoms with Gasteiger partial charge in [0.25, 0.3) is 0 Å². The van der Waals surface area contributed by atoms with Gasteiger partial charge in [-0.3, -0.25) is 4.79 Å². The lowest BCUT2D eigenvalue weighted by Crippen LogP contribution is -2.59. The number of carbonyl (C=O) groups is 1. The molecule has 0 aromatic carbocycles. The van der Waals surface area contributed by atoms with Gasteiger partial charge in [-0.05, 0) is 13.8 Å². The molecular weight excluding hydrogens is 192 g/mol. The van der Waals surface area contributed by atoms with Crippen LogP contribution in [0.5, 0.6) is 0 Å². The van der Waals surface area contributed by atoms with Gasteiger partial charge in [-0.15, -0.1) is 12.3 Å². The van der Waals surface area contributed by atoms with Gasteiger partial charge in [-0.2, -0.15) is 0 Å². The lowest BCUT2D eigenvalue weighted by Gasteiger charge is -2.38. The fourth-order valence-electron chi connectivity index (χ4n) is 1.36. The van der Waals surface area contributed by atoms with Gasteiger partial charge in [0.1, 0.15) is 6.61 Å². The number of hydrogen-bond acceptors (Lipinski definition) is 3. The Kier molecular flexibility index (Phi) is 4.13. The maximum absolute atomic E-state index is 11.4. The fourth-order valence-corrected chi connectivity index (χ4v) is 1.36. The van der Waals surface area contributed by atoms with Crippen molar-refractivity contribution in [3.05, 3.63) is 0 Å². The van der Waals surface area contributed by atoms with E-state index in [1.807, 2.05) is 13.8 Å². The maximum atomic E-state index is 11.4. The summed E-state index contributed by atoms with van der Waals surface area (Å²) >= 11 is 0. The molecule has 1 amide bonds. The molecule has 1 heterocycles. The minimum absolute atomic E-state index is 0.0124. The van der Waals surface area contributed by atoms with Gasteiger partial charge < -0.3 is 15.4 Å². The summed E-state index contributed by atoms with van der Waals surface area (Å²) in [4.78, 5) is 11.4. The molecule has 0 aliphatic carbocycles. The molecule has 0 saturated carbocycles. The second-order valence-electron chi connectivity index (χ2n) is 4.22. The first kappa shape index (κ1) is 12.0. The van der Waals surface area contributed by atoms with E-state index in [0.717, 1.165) is 13.1 Å². The standard InChI is InChI=1S/C11H18N2O2/c1-4-5-9(2)13-10(14)6-15-11(3)7-12-8-11/h1,9,12H,5-8H2,2-3H3,(H,13,14). The summed E-state index contributed by atoms with van der Waals surface area (Å²) in [6.45, 7) is 5.58. The Bertz CT molecular complexity index is 266. The number of hydrogen-bond donors (Lipinski definition) is 2. The lowest BCUT2D eigenvalue weighted by atomic mass is 10.0. The van der Waals surface area contributed by atoms with Gasteiger partial charge in [0.15, 0.2) is 0 Å². The molecule has 4 nitrogen and oxygen atoms in total. The zero-order chi connectivity index (χ0) is 11.3. The van der Waals surface area contributed by atoms with Crippen LogP contribution in [0.2, 0.25) is 0 Å². The largest absolute Gasteiger partial charge is 0.363 e. The van der Waals surface area contributed by atoms with Crippen molar-refractivity contribution >= 4 is 5.91 Å². The van der Waals surface area contributed by atoms with E-state index in [0.29, 0.717) is 6.42 Å². The van der Waals surface area contributed by atoms with Crippen LogP contribution in [-0.4, -0.2) is 37.2 Å². The highest BCUT2D eigenvalue weighted by molar-refractivity contribution is 5.77. The number of rotatable bonds is 5. The second kappa shape index (κ2) is 5.15. The van der Waals surface area contributed by atoms with Crippen molar-refractivity contribution in [3.63, 3.8) is 0 Å². The summed E-state index contributed by atoms with van der Waals surface area (Å²) in [7, 11) is 0. The SMILES string of the molecule is C#CCC(C)NC(=O)COC1(C)CNC1. The van der Waals surface area contributed by atoms with Crippen LogP contribution in [-0.2, 0) is 9.53 Å². The third-order valence-electron chi connectivity index (χ3n) is 2.38. The van der Waals surface area contributed by atoms with Crippen LogP contribution in [0, 0.1) is 12.3 Å². The Morgan fingerprint density at radius 2 is 2.40 bits per heavy atom. The minimum Gasteiger partial charge on any atom is -0.363 e. The van der Waals surface area contributed by atoms with Crippen molar-refractivity contribution in [1.82, 2.24) is 10.6 Å². The zero-order valence-electron chi connectivity index (χ0n) is 9.30. The number of amides is 1. The summed E-state index contributed by atoms with van der Waals surface area (Å²) in [5.41, 5.74) is -0.174. The monoisotopic (exact) mass is 210 g/mol. The predicted molar refractivity (Wildman–Crippen MR) is 58.3 cm³/mol. The van der Waals surface area contributed by atoms with Crippen LogP contribution in [0.3, 0.4) is 0 Å². The van der Waals surface area contributed by atoms with Gasteiger partial charge in [0, 0.05) is 25.6 Å². The smallest absolute Gasteiger partial charge is 0.246 e. The molecule has 1 aliphatic heterocycles. The molecule has 0 spiro atoms. The van der Waals surface area contributed by atoms with E-state index in [2.05, 4.69) is 16.6 Å². The van der Waals surface area contributed by atoms with E-state index in [1.165, 1.54) is 0 Å². The fraction of sp³-hybridized carbons (Fsp3) is 0.727. The maximum Gasteiger partial charge on any atom is 0.246 e. The Hall–Kier alpha value is -1.05. The average Bonchev–Trinajstić information content (AvgIpc) is 2.12. The van der Waals surface area contributed by atoms with Gasteiger partial charge >= 0.3 is 0 Å². The first-order valence-corrected chi connectivity index (χ1v) is 5.13. The minimum atomic E-state index is -0.174. The lowest BCUT2D eigenvalue weighted by molar-refractivity contribution is -0.136. The van der Waals surface area contributed by atoms with Gasteiger partial charge in [0.05, 0.1) is 5.60 Å². The van der Waals surface area contributed by atoms with Gasteiger partial charge in [0.2, 0.25) is 5.91 Å². The van der Waals surface area contributed by atoms with Crippen LogP contribution in [0.15, 0.2) is 0 Å². The van der Waals surface area contributed by atoms with Crippen molar-refractivity contribution in [2.24, 2.45) is 0 Å². The molecule has 1 rings (SSSR count). The molecule has 1 atom stereocenters. The topological polar surface area (TPSA) is 50.4 Å². The molecule has 84 valence electrons. The quantitative estimate of drug-likeness (QED) is 0.623. The third kappa shape index (κ3) is 3.90. The zero-order valence-corrected chi connectivity index (χ0v) is 9.30. The molecular formula is C11H18N2O2. The molecule has 1 fully saturated rings. The van der Waals surface area contributed by atoms with Gasteiger partial charge in [-0.25, -0.2) is 0 Å². The van der Waals surface area contributed by atoms with Crippen molar-refractivity contribution < 1.29 is 9.53 Å². The van der Waals surface area contributed by atoms with E-state index in [4.69, 9.17) is 11.2 Å². The predicted octanol–water partition coefficient (Wildman–Crippen LogP) is -0.107. The van der Waals surface area contributed by atoms with Crippen LogP contribution in [0.4, 0.5) is 0 Å². The first-order chi connectivity index (χ1) is 7.06. The highest BCUT2D eigenvalue weighted by Crippen LogP contribution is 2.14. The molecule has 15 heavy (non-hydrogen) atoms. The second-order valence-corrected chi connectivity index (χ2v) is 4.22. The summed E-state index contributed by atoms with van der Waals surface area (Å²) in [5, 5.41) is 5.88. The van der Waals surface area contributed by atoms with Crippen LogP contribution in [0.1, 0.15) is 20.3 Å². The van der Waals surface area contributed by atoms with Crippen molar-refractivity contribution in [2.45, 2.75) is 31.9 Å². The Morgan fingerprint density at radius 1 is 1.73 bits per heavy atom. The Morgan fingerprint density at radius 3 is 2.87 bits per heavy atom. The molecule has 0 aromatic heterocycles. The van der Waals surface area contributed by atoms with E-state index < -0.39 is 0 Å². The van der Waals surface area contributed by atoms with Crippen LogP contribution in [0.25, 0.3) is 0 Å². The first-order valence-electron chi connectivity index (χ1n) is 5.13. The third-order valence-corrected chi connectivity index (χ3v) is 2.38. The highest BCUT2D eigenvalue weighted by Gasteiger charge is 2.33. The molecule has 1 aliphatic rings. The van der Waals surface area contributed by atoms with Crippen molar-refractivity contribution in [1.29, 1.82) is 0 Å². The van der Waals surface area contributed by atoms with Crippen molar-refractivity contribution in [2.75, 3.05) is 19.7 Å². The normalized spacial score (nSPS) is 19.8. The van der Waals surface area contributed by atoms with E-state index in [-0.39, 0.29) is 24.2 Å². The summed E-state index contributed by atoms with van der Waals surface area (Å²) in [6.07, 6.45) is 5.68. The van der Waals surface area contributed by atoms with Gasteiger partial charge in [-0.1, -0.05) is 0 Å². The molecule has 0 radical (unpaired) electrons. The molecule has 2 N–H and O–H groups in total. The number of carbonyl (C=O) groups excluding carboxylic acids is 1. The number of terminal acetylenes is 1. The Labute approximate surface area is 90.8 Å². The molecule has 4 heteroatoms. The van der Waals surface area contributed by atoms with E-state index >= 15 is 0 Å². The molecule has 1 saturated heterocycles. The average molecular weight is 210 g/mol. The highest BCUT2D eigenvalue weighted by atomic mass is 16.5. The molecule has 0 bridgehead atoms. The van der Waals surface area contributed by atoms with E-state index in [1.54, 1.807) is 0 Å². The molecule has 0 aromatic rings. The number of ether oxygens (including phenoxy) is 1. The summed E-state index contributed by atoms with van der Waals surface area (Å²) in [6, 6.07) is 0.0124.